The van der Waals surface area contributed by atoms with E-state index < -0.39 is 16.0 Å². The zero-order chi connectivity index (χ0) is 27.6. The van der Waals surface area contributed by atoms with E-state index in [4.69, 9.17) is 14.2 Å². The number of thiazole rings is 1. The number of aromatic carboxylic acids is 1. The Balaban J connectivity index is 1.69. The van der Waals surface area contributed by atoms with Gasteiger partial charge in [-0.05, 0) is 24.6 Å². The summed E-state index contributed by atoms with van der Waals surface area (Å²) in [5.41, 5.74) is 2.52. The van der Waals surface area contributed by atoms with Crippen LogP contribution in [-0.4, -0.2) is 72.9 Å². The summed E-state index contributed by atoms with van der Waals surface area (Å²) in [5, 5.41) is 16.0. The number of aromatic nitrogens is 3. The number of sulfonamides is 1. The molecule has 0 saturated carbocycles. The molecule has 3 N–H and O–H groups in total. The number of methoxy groups -OCH3 is 3. The molecule has 0 saturated heterocycles. The average Bonchev–Trinajstić information content (AvgIpc) is 3.25. The van der Waals surface area contributed by atoms with Crippen LogP contribution in [0.15, 0.2) is 12.1 Å². The van der Waals surface area contributed by atoms with Crippen molar-refractivity contribution in [3.05, 3.63) is 39.5 Å². The van der Waals surface area contributed by atoms with E-state index in [0.29, 0.717) is 58.1 Å². The summed E-state index contributed by atoms with van der Waals surface area (Å²) < 4.78 is 42.1. The zero-order valence-electron chi connectivity index (χ0n) is 21.5. The highest BCUT2D eigenvalue weighted by molar-refractivity contribution is 7.88. The van der Waals surface area contributed by atoms with E-state index in [1.165, 1.54) is 31.9 Å². The van der Waals surface area contributed by atoms with E-state index >= 15 is 0 Å². The van der Waals surface area contributed by atoms with Gasteiger partial charge in [-0.2, -0.15) is 9.29 Å². The van der Waals surface area contributed by atoms with Crippen molar-refractivity contribution in [1.82, 2.24) is 19.3 Å². The number of benzene rings is 1. The summed E-state index contributed by atoms with van der Waals surface area (Å²) in [6, 6.07) is 3.60. The molecule has 15 heteroatoms. The summed E-state index contributed by atoms with van der Waals surface area (Å²) in [4.78, 5) is 25.0. The Morgan fingerprint density at radius 3 is 2.37 bits per heavy atom. The maximum absolute atomic E-state index is 12.2. The fourth-order valence-corrected chi connectivity index (χ4v) is 5.63. The molecule has 3 aromatic rings. The Kier molecular flexibility index (Phi) is 7.89. The Labute approximate surface area is 223 Å². The normalized spacial score (nSPS) is 13.5. The third-order valence-corrected chi connectivity index (χ3v) is 8.20. The highest BCUT2D eigenvalue weighted by atomic mass is 32.2. The van der Waals surface area contributed by atoms with Gasteiger partial charge in [-0.1, -0.05) is 11.3 Å². The van der Waals surface area contributed by atoms with Gasteiger partial charge in [0.25, 0.3) is 0 Å². The van der Waals surface area contributed by atoms with Crippen LogP contribution in [0.3, 0.4) is 0 Å². The Morgan fingerprint density at radius 2 is 1.82 bits per heavy atom. The number of carboxylic acids is 1. The second-order valence-electron chi connectivity index (χ2n) is 8.42. The van der Waals surface area contributed by atoms with Crippen molar-refractivity contribution < 1.29 is 32.5 Å². The minimum absolute atomic E-state index is 0.117. The first-order chi connectivity index (χ1) is 18.0. The number of aryl methyl sites for hydroxylation is 1. The van der Waals surface area contributed by atoms with E-state index in [-0.39, 0.29) is 23.9 Å². The zero-order valence-corrected chi connectivity index (χ0v) is 23.1. The molecule has 1 aliphatic heterocycles. The summed E-state index contributed by atoms with van der Waals surface area (Å²) in [6.07, 6.45) is 1.55. The molecule has 1 aliphatic rings. The highest BCUT2D eigenvalue weighted by Crippen LogP contribution is 2.38. The van der Waals surface area contributed by atoms with Gasteiger partial charge in [-0.25, -0.2) is 23.2 Å². The van der Waals surface area contributed by atoms with Gasteiger partial charge in [0.15, 0.2) is 16.6 Å². The Morgan fingerprint density at radius 1 is 1.13 bits per heavy atom. The van der Waals surface area contributed by atoms with Crippen LogP contribution in [0.4, 0.5) is 16.9 Å². The largest absolute Gasteiger partial charge is 0.493 e. The molecule has 0 radical (unpaired) electrons. The van der Waals surface area contributed by atoms with Crippen LogP contribution in [0.2, 0.25) is 0 Å². The number of nitrogens with one attached hydrogen (secondary N) is 2. The van der Waals surface area contributed by atoms with Gasteiger partial charge in [-0.15, -0.1) is 0 Å². The quantitative estimate of drug-likeness (QED) is 0.330. The Hall–Kier alpha value is -3.69. The van der Waals surface area contributed by atoms with Crippen molar-refractivity contribution in [3.8, 4) is 17.2 Å². The number of hydrogen-bond donors (Lipinski definition) is 3. The second kappa shape index (κ2) is 11.0. The number of rotatable bonds is 10. The first-order valence-electron chi connectivity index (χ1n) is 11.4. The lowest BCUT2D eigenvalue weighted by Gasteiger charge is -2.28. The molecule has 0 atom stereocenters. The van der Waals surface area contributed by atoms with Crippen LogP contribution >= 0.6 is 11.3 Å². The van der Waals surface area contributed by atoms with Crippen molar-refractivity contribution >= 4 is 44.2 Å². The average molecular weight is 565 g/mol. The first-order valence-corrected chi connectivity index (χ1v) is 14.1. The summed E-state index contributed by atoms with van der Waals surface area (Å²) >= 11 is 0.982. The van der Waals surface area contributed by atoms with E-state index in [0.717, 1.165) is 16.9 Å². The van der Waals surface area contributed by atoms with Crippen molar-refractivity contribution in [2.24, 2.45) is 0 Å². The van der Waals surface area contributed by atoms with E-state index in [1.54, 1.807) is 19.1 Å². The molecule has 1 aromatic carbocycles. The summed E-state index contributed by atoms with van der Waals surface area (Å²) in [5.74, 6) is 1.04. The first kappa shape index (κ1) is 27.3. The van der Waals surface area contributed by atoms with Crippen LogP contribution in [0, 0.1) is 6.92 Å². The lowest BCUT2D eigenvalue weighted by molar-refractivity contribution is 0.0701. The van der Waals surface area contributed by atoms with E-state index in [1.807, 2.05) is 0 Å². The lowest BCUT2D eigenvalue weighted by Crippen LogP contribution is -2.36. The molecular weight excluding hydrogens is 536 g/mol. The summed E-state index contributed by atoms with van der Waals surface area (Å²) in [6.45, 7) is 2.32. The number of carboxylic acid groups (broad SMARTS) is 1. The van der Waals surface area contributed by atoms with Crippen molar-refractivity contribution in [1.29, 1.82) is 0 Å². The molecular formula is C23H28N6O7S2. The molecule has 0 spiro atoms. The van der Waals surface area contributed by atoms with Crippen LogP contribution in [0.25, 0.3) is 0 Å². The van der Waals surface area contributed by atoms with Gasteiger partial charge in [0.2, 0.25) is 21.7 Å². The van der Waals surface area contributed by atoms with Crippen LogP contribution in [0.5, 0.6) is 17.2 Å². The minimum atomic E-state index is -3.42. The highest BCUT2D eigenvalue weighted by Gasteiger charge is 2.28. The number of anilines is 3. The summed E-state index contributed by atoms with van der Waals surface area (Å²) in [7, 11) is 1.16. The number of hydrogen-bond acceptors (Lipinski definition) is 12. The third kappa shape index (κ3) is 5.74. The topological polar surface area (TPSA) is 165 Å². The van der Waals surface area contributed by atoms with Gasteiger partial charge in [0, 0.05) is 31.6 Å². The molecule has 204 valence electrons. The smallest absolute Gasteiger partial charge is 0.347 e. The van der Waals surface area contributed by atoms with Gasteiger partial charge < -0.3 is 24.6 Å². The van der Waals surface area contributed by atoms with Crippen molar-refractivity contribution in [2.45, 2.75) is 26.4 Å². The fraction of sp³-hybridized carbons (Fsp3) is 0.391. The number of carbonyl (C=O) groups is 1. The van der Waals surface area contributed by atoms with Gasteiger partial charge >= 0.3 is 5.97 Å². The monoisotopic (exact) mass is 564 g/mol. The lowest BCUT2D eigenvalue weighted by atomic mass is 10.1. The molecule has 3 heterocycles. The van der Waals surface area contributed by atoms with Crippen molar-refractivity contribution in [3.63, 3.8) is 0 Å². The maximum atomic E-state index is 12.2. The standard InChI is InChI=1S/C23H28N6O7S2/c1-12-19(21(30)31)37-23(25-12)28-22-26-15-6-7-29(38(5,32)33)11-14(15)20(27-22)24-10-13-8-16(34-2)18(36-4)17(9-13)35-3/h8-9H,6-7,10-11H2,1-5H3,(H,30,31)(H2,24,25,26,27,28). The SMILES string of the molecule is COc1cc(CNc2nc(Nc3nc(C)c(C(=O)O)s3)nc3c2CN(S(C)(=O)=O)CC3)cc(OC)c1OC. The molecule has 0 aliphatic carbocycles. The molecule has 13 nitrogen and oxygen atoms in total. The predicted molar refractivity (Wildman–Crippen MR) is 142 cm³/mol. The van der Waals surface area contributed by atoms with Crippen LogP contribution in [0.1, 0.15) is 32.2 Å². The molecule has 38 heavy (non-hydrogen) atoms. The molecule has 0 bridgehead atoms. The Bertz CT molecular complexity index is 1450. The van der Waals surface area contributed by atoms with Crippen LogP contribution in [-0.2, 0) is 29.5 Å². The van der Waals surface area contributed by atoms with Crippen molar-refractivity contribution in [2.75, 3.05) is 44.8 Å². The van der Waals surface area contributed by atoms with E-state index in [2.05, 4.69) is 25.6 Å². The van der Waals surface area contributed by atoms with E-state index in [9.17, 15) is 18.3 Å². The molecule has 0 amide bonds. The van der Waals surface area contributed by atoms with Gasteiger partial charge in [-0.3, -0.25) is 5.32 Å². The number of nitrogens with zero attached hydrogens (tertiary/aromatic N) is 4. The predicted octanol–water partition coefficient (Wildman–Crippen LogP) is 2.64. The molecule has 2 aromatic heterocycles. The van der Waals surface area contributed by atoms with Crippen LogP contribution < -0.4 is 24.8 Å². The van der Waals surface area contributed by atoms with Gasteiger partial charge in [0.05, 0.1) is 39.0 Å². The minimum Gasteiger partial charge on any atom is -0.493 e. The number of ether oxygens (including phenoxy) is 3. The molecule has 0 fully saturated rings. The fourth-order valence-electron chi connectivity index (χ4n) is 4.04. The molecule has 0 unspecified atom stereocenters. The maximum Gasteiger partial charge on any atom is 0.347 e. The number of fused-ring (bicyclic) bond motifs is 1. The van der Waals surface area contributed by atoms with Gasteiger partial charge in [0.1, 0.15) is 10.7 Å². The third-order valence-electron chi connectivity index (χ3n) is 5.89. The second-order valence-corrected chi connectivity index (χ2v) is 11.4. The molecule has 4 rings (SSSR count).